The fourth-order valence-electron chi connectivity index (χ4n) is 2.67. The predicted octanol–water partition coefficient (Wildman–Crippen LogP) is 2.08. The second-order valence-electron chi connectivity index (χ2n) is 5.31. The van der Waals surface area contributed by atoms with E-state index < -0.39 is 0 Å². The number of hydrogen-bond acceptors (Lipinski definition) is 3. The van der Waals surface area contributed by atoms with Gasteiger partial charge in [0.15, 0.2) is 0 Å². The zero-order valence-electron chi connectivity index (χ0n) is 11.7. The van der Waals surface area contributed by atoms with Gasteiger partial charge in [-0.3, -0.25) is 4.79 Å². The molecule has 4 heteroatoms. The fraction of sp³-hybridized carbons (Fsp3) is 0.533. The largest absolute Gasteiger partial charge is 0.398 e. The molecule has 104 valence electrons. The maximum absolute atomic E-state index is 12.5. The lowest BCUT2D eigenvalue weighted by Crippen LogP contribution is -2.41. The third-order valence-electron chi connectivity index (χ3n) is 3.65. The van der Waals surface area contributed by atoms with E-state index in [4.69, 9.17) is 10.5 Å². The van der Waals surface area contributed by atoms with Gasteiger partial charge in [0.05, 0.1) is 12.2 Å². The maximum Gasteiger partial charge on any atom is 0.255 e. The van der Waals surface area contributed by atoms with Gasteiger partial charge in [0.25, 0.3) is 5.91 Å². The monoisotopic (exact) mass is 262 g/mol. The number of nitrogens with zero attached hydrogens (tertiary/aromatic N) is 1. The lowest BCUT2D eigenvalue weighted by Gasteiger charge is -2.32. The molecular weight excluding hydrogens is 240 g/mol. The third-order valence-corrected chi connectivity index (χ3v) is 3.65. The molecule has 0 radical (unpaired) electrons. The van der Waals surface area contributed by atoms with Crippen LogP contribution < -0.4 is 5.73 Å². The van der Waals surface area contributed by atoms with Gasteiger partial charge in [-0.05, 0) is 43.4 Å². The van der Waals surface area contributed by atoms with E-state index in [9.17, 15) is 4.79 Å². The molecule has 1 aliphatic rings. The standard InChI is InChI=1S/C15H22N2O2/c1-11-5-6-13(14(16)8-11)15(18)17-7-3-4-12(9-17)10-19-2/h5-6,8,12H,3-4,7,9-10,16H2,1-2H3. The summed E-state index contributed by atoms with van der Waals surface area (Å²) in [4.78, 5) is 14.4. The van der Waals surface area contributed by atoms with Crippen molar-refractivity contribution in [3.63, 3.8) is 0 Å². The van der Waals surface area contributed by atoms with Gasteiger partial charge in [-0.1, -0.05) is 6.07 Å². The van der Waals surface area contributed by atoms with E-state index in [1.165, 1.54) is 0 Å². The third kappa shape index (κ3) is 3.26. The Labute approximate surface area is 114 Å². The number of carbonyl (C=O) groups is 1. The fourth-order valence-corrected chi connectivity index (χ4v) is 2.67. The van der Waals surface area contributed by atoms with Crippen molar-refractivity contribution in [3.05, 3.63) is 29.3 Å². The Morgan fingerprint density at radius 2 is 2.32 bits per heavy atom. The Bertz CT molecular complexity index is 457. The van der Waals surface area contributed by atoms with Crippen LogP contribution in [-0.2, 0) is 4.74 Å². The van der Waals surface area contributed by atoms with Crippen LogP contribution in [-0.4, -0.2) is 37.6 Å². The molecule has 1 unspecified atom stereocenters. The van der Waals surface area contributed by atoms with E-state index in [-0.39, 0.29) is 5.91 Å². The van der Waals surface area contributed by atoms with E-state index in [1.807, 2.05) is 30.0 Å². The summed E-state index contributed by atoms with van der Waals surface area (Å²) in [5.41, 5.74) is 8.21. The highest BCUT2D eigenvalue weighted by molar-refractivity contribution is 5.99. The second-order valence-corrected chi connectivity index (χ2v) is 5.31. The van der Waals surface area contributed by atoms with Gasteiger partial charge in [-0.15, -0.1) is 0 Å². The molecule has 4 nitrogen and oxygen atoms in total. The van der Waals surface area contributed by atoms with Crippen molar-refractivity contribution in [2.45, 2.75) is 19.8 Å². The Kier molecular flexibility index (Phi) is 4.43. The summed E-state index contributed by atoms with van der Waals surface area (Å²) >= 11 is 0. The number of nitrogens with two attached hydrogens (primary N) is 1. The number of aryl methyl sites for hydroxylation is 1. The molecule has 0 spiro atoms. The topological polar surface area (TPSA) is 55.6 Å². The number of ether oxygens (including phenoxy) is 1. The van der Waals surface area contributed by atoms with Gasteiger partial charge in [0.2, 0.25) is 0 Å². The first-order valence-electron chi connectivity index (χ1n) is 6.76. The summed E-state index contributed by atoms with van der Waals surface area (Å²) in [6.07, 6.45) is 2.16. The number of piperidine rings is 1. The molecule has 1 atom stereocenters. The molecule has 1 amide bonds. The quantitative estimate of drug-likeness (QED) is 0.848. The zero-order valence-corrected chi connectivity index (χ0v) is 11.7. The average Bonchev–Trinajstić information content (AvgIpc) is 2.39. The number of rotatable bonds is 3. The molecule has 1 aromatic carbocycles. The van der Waals surface area contributed by atoms with Crippen LogP contribution in [0.2, 0.25) is 0 Å². The van der Waals surface area contributed by atoms with Crippen molar-refractivity contribution in [1.82, 2.24) is 4.90 Å². The predicted molar refractivity (Wildman–Crippen MR) is 76.1 cm³/mol. The molecule has 0 aromatic heterocycles. The van der Waals surface area contributed by atoms with Crippen LogP contribution in [0.15, 0.2) is 18.2 Å². The number of benzene rings is 1. The van der Waals surface area contributed by atoms with E-state index in [0.29, 0.717) is 23.8 Å². The Morgan fingerprint density at radius 1 is 1.53 bits per heavy atom. The molecule has 1 saturated heterocycles. The van der Waals surface area contributed by atoms with Gasteiger partial charge < -0.3 is 15.4 Å². The lowest BCUT2D eigenvalue weighted by atomic mass is 9.98. The normalized spacial score (nSPS) is 19.5. The average molecular weight is 262 g/mol. The van der Waals surface area contributed by atoms with Crippen LogP contribution in [0, 0.1) is 12.8 Å². The molecular formula is C15H22N2O2. The van der Waals surface area contributed by atoms with Crippen molar-refractivity contribution >= 4 is 11.6 Å². The van der Waals surface area contributed by atoms with Crippen LogP contribution in [0.1, 0.15) is 28.8 Å². The van der Waals surface area contributed by atoms with Crippen molar-refractivity contribution in [2.75, 3.05) is 32.5 Å². The minimum absolute atomic E-state index is 0.0401. The minimum Gasteiger partial charge on any atom is -0.398 e. The number of likely N-dealkylation sites (tertiary alicyclic amines) is 1. The van der Waals surface area contributed by atoms with Gasteiger partial charge in [0, 0.05) is 25.9 Å². The lowest BCUT2D eigenvalue weighted by molar-refractivity contribution is 0.0572. The molecule has 0 bridgehead atoms. The smallest absolute Gasteiger partial charge is 0.255 e. The first-order valence-corrected chi connectivity index (χ1v) is 6.76. The zero-order chi connectivity index (χ0) is 13.8. The highest BCUT2D eigenvalue weighted by Crippen LogP contribution is 2.21. The number of nitrogen functional groups attached to an aromatic ring is 1. The molecule has 1 aromatic rings. The van der Waals surface area contributed by atoms with Crippen LogP contribution in [0.4, 0.5) is 5.69 Å². The first kappa shape index (κ1) is 13.9. The summed E-state index contributed by atoms with van der Waals surface area (Å²) in [5.74, 6) is 0.479. The summed E-state index contributed by atoms with van der Waals surface area (Å²) in [6.45, 7) is 4.26. The summed E-state index contributed by atoms with van der Waals surface area (Å²) in [7, 11) is 1.71. The summed E-state index contributed by atoms with van der Waals surface area (Å²) in [6, 6.07) is 5.61. The van der Waals surface area contributed by atoms with Crippen LogP contribution in [0.25, 0.3) is 0 Å². The van der Waals surface area contributed by atoms with E-state index in [0.717, 1.165) is 31.5 Å². The Hall–Kier alpha value is -1.55. The highest BCUT2D eigenvalue weighted by atomic mass is 16.5. The molecule has 2 N–H and O–H groups in total. The molecule has 2 rings (SSSR count). The molecule has 0 aliphatic carbocycles. The second kappa shape index (κ2) is 6.06. The van der Waals surface area contributed by atoms with E-state index in [2.05, 4.69) is 0 Å². The Balaban J connectivity index is 2.10. The van der Waals surface area contributed by atoms with Crippen LogP contribution in [0.3, 0.4) is 0 Å². The van der Waals surface area contributed by atoms with Crippen LogP contribution >= 0.6 is 0 Å². The van der Waals surface area contributed by atoms with E-state index in [1.54, 1.807) is 7.11 Å². The summed E-state index contributed by atoms with van der Waals surface area (Å²) < 4.78 is 5.19. The van der Waals surface area contributed by atoms with Gasteiger partial charge in [-0.25, -0.2) is 0 Å². The highest BCUT2D eigenvalue weighted by Gasteiger charge is 2.25. The minimum atomic E-state index is 0.0401. The molecule has 1 fully saturated rings. The van der Waals surface area contributed by atoms with Crippen molar-refractivity contribution in [3.8, 4) is 0 Å². The molecule has 19 heavy (non-hydrogen) atoms. The Morgan fingerprint density at radius 3 is 3.00 bits per heavy atom. The number of methoxy groups -OCH3 is 1. The number of amides is 1. The van der Waals surface area contributed by atoms with Crippen molar-refractivity contribution < 1.29 is 9.53 Å². The van der Waals surface area contributed by atoms with E-state index >= 15 is 0 Å². The molecule has 1 heterocycles. The maximum atomic E-state index is 12.5. The van der Waals surface area contributed by atoms with Gasteiger partial charge in [0.1, 0.15) is 0 Å². The molecule has 1 aliphatic heterocycles. The van der Waals surface area contributed by atoms with Gasteiger partial charge >= 0.3 is 0 Å². The SMILES string of the molecule is COCC1CCCN(C(=O)c2ccc(C)cc2N)C1. The van der Waals surface area contributed by atoms with Crippen molar-refractivity contribution in [2.24, 2.45) is 5.92 Å². The van der Waals surface area contributed by atoms with Crippen molar-refractivity contribution in [1.29, 1.82) is 0 Å². The van der Waals surface area contributed by atoms with Crippen LogP contribution in [0.5, 0.6) is 0 Å². The number of carbonyl (C=O) groups excluding carboxylic acids is 1. The first-order chi connectivity index (χ1) is 9.11. The number of hydrogen-bond donors (Lipinski definition) is 1. The molecule has 0 saturated carbocycles. The van der Waals surface area contributed by atoms with Gasteiger partial charge in [-0.2, -0.15) is 0 Å². The summed E-state index contributed by atoms with van der Waals surface area (Å²) in [5, 5.41) is 0. The number of anilines is 1.